The Morgan fingerprint density at radius 1 is 1.07 bits per heavy atom. The summed E-state index contributed by atoms with van der Waals surface area (Å²) in [5, 5.41) is 0. The molecule has 19 nitrogen and oxygen atoms in total. The van der Waals surface area contributed by atoms with Gasteiger partial charge in [-0.2, -0.15) is 4.98 Å². The average molecular weight is 699 g/mol. The summed E-state index contributed by atoms with van der Waals surface area (Å²) in [6.45, 7) is -5.30. The fraction of sp³-hybridized carbons (Fsp3) is 0.500. The highest BCUT2D eigenvalue weighted by molar-refractivity contribution is 8.07. The van der Waals surface area contributed by atoms with Crippen molar-refractivity contribution in [3.8, 4) is 0 Å². The largest absolute Gasteiger partial charge is 0.397 e. The Morgan fingerprint density at radius 3 is 2.50 bits per heavy atom. The van der Waals surface area contributed by atoms with Gasteiger partial charge in [0.05, 0.1) is 31.6 Å². The van der Waals surface area contributed by atoms with Crippen molar-refractivity contribution in [2.45, 2.75) is 49.1 Å². The molecule has 7 heterocycles. The molecule has 2 radical (unpaired) electrons. The smallest absolute Gasteiger partial charge is 0.325 e. The summed E-state index contributed by atoms with van der Waals surface area (Å²) in [6, 6.07) is 1.53. The van der Waals surface area contributed by atoms with Crippen LogP contribution in [0.25, 0.3) is 22.3 Å². The molecule has 3 fully saturated rings. The maximum absolute atomic E-state index is 16.0. The molecule has 0 saturated carbocycles. The van der Waals surface area contributed by atoms with Crippen LogP contribution in [-0.4, -0.2) is 104 Å². The van der Waals surface area contributed by atoms with Crippen LogP contribution in [0.4, 0.5) is 16.0 Å². The molecule has 3 aliphatic rings. The van der Waals surface area contributed by atoms with Crippen molar-refractivity contribution in [1.29, 1.82) is 0 Å². The Labute approximate surface area is 263 Å². The lowest BCUT2D eigenvalue weighted by Crippen LogP contribution is -2.39. The maximum atomic E-state index is 16.0. The summed E-state index contributed by atoms with van der Waals surface area (Å²) in [4.78, 5) is 42.4. The van der Waals surface area contributed by atoms with Crippen molar-refractivity contribution in [3.05, 3.63) is 35.3 Å². The zero-order valence-corrected chi connectivity index (χ0v) is 26.2. The Balaban J connectivity index is 1.18. The zero-order valence-electron chi connectivity index (χ0n) is 23.6. The number of hydrogen-bond acceptors (Lipinski definition) is 16. The van der Waals surface area contributed by atoms with Crippen molar-refractivity contribution in [2.75, 3.05) is 31.8 Å². The van der Waals surface area contributed by atoms with Crippen molar-refractivity contribution in [3.63, 3.8) is 0 Å². The van der Waals surface area contributed by atoms with Crippen LogP contribution in [-0.2, 0) is 48.7 Å². The number of fused-ring (bicyclic) bond motifs is 4. The number of methoxy groups -OCH3 is 1. The number of nitrogens with one attached hydrogen (secondary N) is 1. The molecule has 4 aromatic heterocycles. The van der Waals surface area contributed by atoms with Gasteiger partial charge in [0.15, 0.2) is 35.4 Å². The Hall–Kier alpha value is -2.88. The Bertz CT molecular complexity index is 1970. The molecule has 244 valence electrons. The summed E-state index contributed by atoms with van der Waals surface area (Å²) >= 11 is 5.29. The molecular weight excluding hydrogens is 674 g/mol. The first-order valence-corrected chi connectivity index (χ1v) is 17.7. The highest BCUT2D eigenvalue weighted by atomic mass is 32.5. The molecule has 7 rings (SSSR count). The summed E-state index contributed by atoms with van der Waals surface area (Å²) < 4.78 is 72.2. The number of aromatic nitrogens is 7. The molecule has 0 aliphatic carbocycles. The number of halogens is 1. The molecule has 6 N–H and O–H groups in total. The van der Waals surface area contributed by atoms with E-state index in [2.05, 4.69) is 24.9 Å². The predicted octanol–water partition coefficient (Wildman–Crippen LogP) is 0.187. The topological polar surface area (TPSA) is 248 Å². The first-order chi connectivity index (χ1) is 21.9. The van der Waals surface area contributed by atoms with E-state index in [0.29, 0.717) is 11.2 Å². The van der Waals surface area contributed by atoms with Crippen LogP contribution in [0.15, 0.2) is 29.7 Å². The number of H-pyrrole nitrogens is 1. The third kappa shape index (κ3) is 5.56. The number of imidazole rings is 2. The van der Waals surface area contributed by atoms with Crippen LogP contribution in [0.1, 0.15) is 12.5 Å². The molecule has 0 spiro atoms. The molecule has 3 saturated heterocycles. The van der Waals surface area contributed by atoms with E-state index >= 15 is 4.39 Å². The molecule has 3 aliphatic heterocycles. The number of alkyl halides is 1. The number of ether oxygens (including phenoxy) is 3. The van der Waals surface area contributed by atoms with Crippen LogP contribution in [0.2, 0.25) is 0 Å². The molecule has 24 heteroatoms. The quantitative estimate of drug-likeness (QED) is 0.165. The average Bonchev–Trinajstić information content (AvgIpc) is 3.75. The van der Waals surface area contributed by atoms with Crippen molar-refractivity contribution >= 4 is 67.5 Å². The zero-order chi connectivity index (χ0) is 32.5. The van der Waals surface area contributed by atoms with E-state index in [1.165, 1.54) is 41.2 Å². The summed E-state index contributed by atoms with van der Waals surface area (Å²) in [6.07, 6.45) is -6.95. The van der Waals surface area contributed by atoms with Crippen molar-refractivity contribution in [2.24, 2.45) is 0 Å². The molecule has 4 unspecified atom stereocenters. The molecule has 0 amide bonds. The Morgan fingerprint density at radius 2 is 1.74 bits per heavy atom. The third-order valence-corrected chi connectivity index (χ3v) is 10.3. The number of anilines is 2. The second-order valence-corrected chi connectivity index (χ2v) is 14.9. The minimum Gasteiger partial charge on any atom is -0.397 e. The van der Waals surface area contributed by atoms with Gasteiger partial charge < -0.3 is 44.1 Å². The van der Waals surface area contributed by atoms with Crippen LogP contribution in [0.3, 0.4) is 0 Å². The normalized spacial score (nSPS) is 37.1. The van der Waals surface area contributed by atoms with Crippen LogP contribution < -0.4 is 17.0 Å². The molecule has 4 aromatic rings. The van der Waals surface area contributed by atoms with Gasteiger partial charge in [-0.15, -0.1) is 0 Å². The highest BCUT2D eigenvalue weighted by Crippen LogP contribution is 2.54. The van der Waals surface area contributed by atoms with E-state index in [0.717, 1.165) is 0 Å². The number of nitrogens with zero attached hydrogens (tertiary/aromatic N) is 6. The van der Waals surface area contributed by atoms with Gasteiger partial charge in [-0.05, 0) is 17.9 Å². The van der Waals surface area contributed by atoms with Gasteiger partial charge in [-0.25, -0.2) is 19.3 Å². The summed E-state index contributed by atoms with van der Waals surface area (Å²) in [5.41, 5.74) is 11.9. The lowest BCUT2D eigenvalue weighted by Gasteiger charge is -2.30. The minimum atomic E-state index is -4.53. The number of hydrogen-bond donors (Lipinski definition) is 4. The lowest BCUT2D eigenvalue weighted by atomic mass is 10.1. The first kappa shape index (κ1) is 31.7. The minimum absolute atomic E-state index is 0.0419. The number of pyridine rings is 1. The molecular formula is C22H25BFN9O10P2S. The fourth-order valence-electron chi connectivity index (χ4n) is 5.62. The number of nitrogen functional groups attached to an aromatic ring is 2. The van der Waals surface area contributed by atoms with E-state index in [4.69, 9.17) is 63.1 Å². The monoisotopic (exact) mass is 699 g/mol. The van der Waals surface area contributed by atoms with Crippen LogP contribution in [0.5, 0.6) is 0 Å². The maximum Gasteiger partial charge on any atom is 0.325 e. The van der Waals surface area contributed by atoms with E-state index in [9.17, 15) is 14.3 Å². The van der Waals surface area contributed by atoms with E-state index in [1.807, 2.05) is 0 Å². The molecule has 10 atom stereocenters. The second-order valence-electron chi connectivity index (χ2n) is 10.5. The van der Waals surface area contributed by atoms with Crippen molar-refractivity contribution in [1.82, 2.24) is 34.1 Å². The predicted molar refractivity (Wildman–Crippen MR) is 160 cm³/mol. The second kappa shape index (κ2) is 11.7. The Kier molecular flexibility index (Phi) is 8.05. The standard InChI is InChI=1S/C22H25BFN9O10P2S/c1-37-16-15-10(41-21(16)33-7-29-13-18(33)30-22(26)31-19(13)34)4-38-44(23,35)42-14-9(5-39-45(36,46)43-15)40-20(11(14)24)32-6-28-12-8(25)2-3-27-17(12)32/h2-3,6-7,9-11,14-16,20-21H,4-5H2,1H3,(H2,25,27)(H,36,46)(H3,26,30,31,34)/t9-,10-,11+,14?,15+,16?,20-,21-,44?,45?/m1/s1. The van der Waals surface area contributed by atoms with Crippen LogP contribution >= 0.6 is 14.2 Å². The van der Waals surface area contributed by atoms with Gasteiger partial charge in [0.1, 0.15) is 36.0 Å². The third-order valence-electron chi connectivity index (χ3n) is 7.66. The summed E-state index contributed by atoms with van der Waals surface area (Å²) in [7, 11) is 2.72. The highest BCUT2D eigenvalue weighted by Gasteiger charge is 2.53. The van der Waals surface area contributed by atoms with Crippen molar-refractivity contribution < 1.29 is 46.2 Å². The van der Waals surface area contributed by atoms with E-state index in [1.54, 1.807) is 0 Å². The lowest BCUT2D eigenvalue weighted by molar-refractivity contribution is -0.0592. The number of nitrogens with two attached hydrogens (primary N) is 2. The van der Waals surface area contributed by atoms with Gasteiger partial charge in [-0.1, -0.05) is 0 Å². The van der Waals surface area contributed by atoms with Crippen LogP contribution in [0, 0.1) is 0 Å². The fourth-order valence-corrected chi connectivity index (χ4v) is 8.07. The molecule has 0 aromatic carbocycles. The van der Waals surface area contributed by atoms with Gasteiger partial charge >= 0.3 is 6.72 Å². The molecule has 46 heavy (non-hydrogen) atoms. The first-order valence-electron chi connectivity index (χ1n) is 13.5. The van der Waals surface area contributed by atoms with E-state index in [-0.39, 0.29) is 22.8 Å². The number of rotatable bonds is 3. The SMILES string of the molecule is [B]P1(=O)OC[C@H]2O[C@@H](n3cnc4c(=O)[nH]c(N)nc43)C(OC)[C@H]2OP(O)(=S)OC[C@H]2O[C@@H](n3cnc4c(N)ccnc43)[C@@H](F)C2O1. The summed E-state index contributed by atoms with van der Waals surface area (Å²) in [5.74, 6) is -0.180. The molecule has 0 bridgehead atoms. The van der Waals surface area contributed by atoms with Gasteiger partial charge in [0.25, 0.3) is 13.0 Å². The van der Waals surface area contributed by atoms with E-state index < -0.39 is 82.1 Å². The van der Waals surface area contributed by atoms with Gasteiger partial charge in [0, 0.05) is 13.3 Å². The van der Waals surface area contributed by atoms with Gasteiger partial charge in [0.2, 0.25) is 13.5 Å². The van der Waals surface area contributed by atoms with Gasteiger partial charge in [-0.3, -0.25) is 28.0 Å². The number of aromatic amines is 1.